The third kappa shape index (κ3) is 3.30. The van der Waals surface area contributed by atoms with Gasteiger partial charge in [0.05, 0.1) is 0 Å². The molecule has 1 atom stereocenters. The van der Waals surface area contributed by atoms with Crippen molar-refractivity contribution in [2.45, 2.75) is 53.0 Å². The topological polar surface area (TPSA) is 38.1 Å². The lowest BCUT2D eigenvalue weighted by Crippen LogP contribution is -2.32. The molecule has 1 saturated carbocycles. The molecule has 4 nitrogen and oxygen atoms in total. The average molecular weight is 289 g/mol. The van der Waals surface area contributed by atoms with Crippen molar-refractivity contribution < 1.29 is 4.79 Å². The molecule has 0 radical (unpaired) electrons. The SMILES string of the molecule is Cc1cnc(CC2CCN(C(=O)C(C)C)C2)n1CC1CC1. The van der Waals surface area contributed by atoms with Gasteiger partial charge in [0.15, 0.2) is 0 Å². The molecule has 3 rings (SSSR count). The quantitative estimate of drug-likeness (QED) is 0.836. The zero-order chi connectivity index (χ0) is 15.0. The Balaban J connectivity index is 1.61. The monoisotopic (exact) mass is 289 g/mol. The van der Waals surface area contributed by atoms with E-state index in [1.165, 1.54) is 24.4 Å². The van der Waals surface area contributed by atoms with Crippen LogP contribution in [-0.2, 0) is 17.8 Å². The van der Waals surface area contributed by atoms with Crippen LogP contribution in [0.15, 0.2) is 6.20 Å². The first-order valence-corrected chi connectivity index (χ1v) is 8.34. The van der Waals surface area contributed by atoms with Crippen molar-refractivity contribution >= 4 is 5.91 Å². The van der Waals surface area contributed by atoms with E-state index < -0.39 is 0 Å². The van der Waals surface area contributed by atoms with E-state index in [1.54, 1.807) is 0 Å². The number of rotatable bonds is 5. The van der Waals surface area contributed by atoms with Crippen molar-refractivity contribution in [2.75, 3.05) is 13.1 Å². The molecule has 2 heterocycles. The van der Waals surface area contributed by atoms with Gasteiger partial charge in [-0.15, -0.1) is 0 Å². The maximum atomic E-state index is 12.1. The highest BCUT2D eigenvalue weighted by molar-refractivity contribution is 5.78. The highest BCUT2D eigenvalue weighted by Gasteiger charge is 2.29. The molecule has 0 spiro atoms. The molecule has 116 valence electrons. The van der Waals surface area contributed by atoms with Gasteiger partial charge in [0, 0.05) is 43.9 Å². The van der Waals surface area contributed by atoms with Gasteiger partial charge in [0.25, 0.3) is 0 Å². The first kappa shape index (κ1) is 14.6. The highest BCUT2D eigenvalue weighted by Crippen LogP contribution is 2.32. The van der Waals surface area contributed by atoms with Crippen molar-refractivity contribution in [1.82, 2.24) is 14.5 Å². The third-order valence-electron chi connectivity index (χ3n) is 4.84. The van der Waals surface area contributed by atoms with Gasteiger partial charge in [-0.2, -0.15) is 0 Å². The second kappa shape index (κ2) is 5.82. The number of likely N-dealkylation sites (tertiary alicyclic amines) is 1. The number of hydrogen-bond donors (Lipinski definition) is 0. The minimum atomic E-state index is 0.114. The van der Waals surface area contributed by atoms with Crippen LogP contribution in [0.3, 0.4) is 0 Å². The van der Waals surface area contributed by atoms with Gasteiger partial charge in [0.2, 0.25) is 5.91 Å². The van der Waals surface area contributed by atoms with Crippen LogP contribution < -0.4 is 0 Å². The third-order valence-corrected chi connectivity index (χ3v) is 4.84. The normalized spacial score (nSPS) is 22.3. The number of aryl methyl sites for hydroxylation is 1. The fourth-order valence-electron chi connectivity index (χ4n) is 3.30. The summed E-state index contributed by atoms with van der Waals surface area (Å²) in [6, 6.07) is 0. The predicted molar refractivity (Wildman–Crippen MR) is 82.9 cm³/mol. The van der Waals surface area contributed by atoms with E-state index in [2.05, 4.69) is 16.5 Å². The molecule has 1 saturated heterocycles. The maximum absolute atomic E-state index is 12.1. The second-order valence-electron chi connectivity index (χ2n) is 7.17. The van der Waals surface area contributed by atoms with Crippen LogP contribution in [0.4, 0.5) is 0 Å². The number of amides is 1. The Morgan fingerprint density at radius 1 is 1.33 bits per heavy atom. The molecule has 1 aromatic rings. The molecule has 2 aliphatic rings. The van der Waals surface area contributed by atoms with Crippen molar-refractivity contribution in [3.05, 3.63) is 17.7 Å². The Hall–Kier alpha value is -1.32. The molecule has 1 aromatic heterocycles. The zero-order valence-corrected chi connectivity index (χ0v) is 13.5. The molecule has 2 fully saturated rings. The molecular weight excluding hydrogens is 262 g/mol. The summed E-state index contributed by atoms with van der Waals surface area (Å²) >= 11 is 0. The summed E-state index contributed by atoms with van der Waals surface area (Å²) in [6.45, 7) is 9.10. The van der Waals surface area contributed by atoms with Crippen LogP contribution in [0, 0.1) is 24.7 Å². The van der Waals surface area contributed by atoms with E-state index in [0.717, 1.165) is 38.4 Å². The van der Waals surface area contributed by atoms with E-state index in [-0.39, 0.29) is 5.92 Å². The largest absolute Gasteiger partial charge is 0.342 e. The Morgan fingerprint density at radius 3 is 2.76 bits per heavy atom. The summed E-state index contributed by atoms with van der Waals surface area (Å²) in [6.07, 6.45) is 6.88. The lowest BCUT2D eigenvalue weighted by atomic mass is 10.0. The van der Waals surface area contributed by atoms with Gasteiger partial charge in [-0.1, -0.05) is 13.8 Å². The number of hydrogen-bond acceptors (Lipinski definition) is 2. The van der Waals surface area contributed by atoms with Crippen molar-refractivity contribution in [3.63, 3.8) is 0 Å². The van der Waals surface area contributed by atoms with Crippen molar-refractivity contribution in [1.29, 1.82) is 0 Å². The summed E-state index contributed by atoms with van der Waals surface area (Å²) in [4.78, 5) is 18.7. The molecule has 21 heavy (non-hydrogen) atoms. The smallest absolute Gasteiger partial charge is 0.225 e. The lowest BCUT2D eigenvalue weighted by molar-refractivity contribution is -0.133. The van der Waals surface area contributed by atoms with Gasteiger partial charge in [-0.3, -0.25) is 4.79 Å². The predicted octanol–water partition coefficient (Wildman–Crippen LogP) is 2.65. The summed E-state index contributed by atoms with van der Waals surface area (Å²) in [5.74, 6) is 3.09. The molecular formula is C17H27N3O. The summed E-state index contributed by atoms with van der Waals surface area (Å²) in [7, 11) is 0. The molecule has 0 aromatic carbocycles. The first-order valence-electron chi connectivity index (χ1n) is 8.34. The summed E-state index contributed by atoms with van der Waals surface area (Å²) < 4.78 is 2.41. The number of carbonyl (C=O) groups excluding carboxylic acids is 1. The first-order chi connectivity index (χ1) is 10.0. The number of nitrogens with zero attached hydrogens (tertiary/aromatic N) is 3. The van der Waals surface area contributed by atoms with Gasteiger partial charge in [0.1, 0.15) is 5.82 Å². The minimum absolute atomic E-state index is 0.114. The number of carbonyl (C=O) groups is 1. The van der Waals surface area contributed by atoms with Gasteiger partial charge < -0.3 is 9.47 Å². The summed E-state index contributed by atoms with van der Waals surface area (Å²) in [5.41, 5.74) is 1.28. The fraction of sp³-hybridized carbons (Fsp3) is 0.765. The highest BCUT2D eigenvalue weighted by atomic mass is 16.2. The van der Waals surface area contributed by atoms with Crippen molar-refractivity contribution in [2.24, 2.45) is 17.8 Å². The maximum Gasteiger partial charge on any atom is 0.225 e. The number of aromatic nitrogens is 2. The number of imidazole rings is 1. The molecule has 0 bridgehead atoms. The van der Waals surface area contributed by atoms with Crippen molar-refractivity contribution in [3.8, 4) is 0 Å². The van der Waals surface area contributed by atoms with Crippen LogP contribution in [0.25, 0.3) is 0 Å². The Labute approximate surface area is 127 Å². The lowest BCUT2D eigenvalue weighted by Gasteiger charge is -2.19. The van der Waals surface area contributed by atoms with Crippen LogP contribution >= 0.6 is 0 Å². The van der Waals surface area contributed by atoms with Gasteiger partial charge >= 0.3 is 0 Å². The Morgan fingerprint density at radius 2 is 2.10 bits per heavy atom. The van der Waals surface area contributed by atoms with Crippen LogP contribution in [0.2, 0.25) is 0 Å². The molecule has 1 aliphatic heterocycles. The van der Waals surface area contributed by atoms with E-state index in [0.29, 0.717) is 11.8 Å². The van der Waals surface area contributed by atoms with E-state index >= 15 is 0 Å². The van der Waals surface area contributed by atoms with Crippen LogP contribution in [-0.4, -0.2) is 33.4 Å². The van der Waals surface area contributed by atoms with E-state index in [4.69, 9.17) is 0 Å². The van der Waals surface area contributed by atoms with Gasteiger partial charge in [-0.05, 0) is 38.0 Å². The Bertz CT molecular complexity index is 516. The van der Waals surface area contributed by atoms with E-state index in [9.17, 15) is 4.79 Å². The minimum Gasteiger partial charge on any atom is -0.342 e. The van der Waals surface area contributed by atoms with Crippen LogP contribution in [0.5, 0.6) is 0 Å². The van der Waals surface area contributed by atoms with Crippen LogP contribution in [0.1, 0.15) is 44.6 Å². The second-order valence-corrected chi connectivity index (χ2v) is 7.17. The molecule has 0 N–H and O–H groups in total. The molecule has 1 aliphatic carbocycles. The molecule has 1 amide bonds. The Kier molecular flexibility index (Phi) is 4.05. The van der Waals surface area contributed by atoms with E-state index in [1.807, 2.05) is 24.9 Å². The summed E-state index contributed by atoms with van der Waals surface area (Å²) in [5, 5.41) is 0. The average Bonchev–Trinajstić information content (AvgIpc) is 3.05. The molecule has 4 heteroatoms. The fourth-order valence-corrected chi connectivity index (χ4v) is 3.30. The zero-order valence-electron chi connectivity index (χ0n) is 13.5. The molecule has 1 unspecified atom stereocenters. The standard InChI is InChI=1S/C17H27N3O/c1-12(2)17(21)19-7-6-15(10-19)8-16-18-9-13(3)20(16)11-14-4-5-14/h9,12,14-15H,4-8,10-11H2,1-3H3. The van der Waals surface area contributed by atoms with Gasteiger partial charge in [-0.25, -0.2) is 4.98 Å².